The van der Waals surface area contributed by atoms with Gasteiger partial charge in [-0.3, -0.25) is 4.79 Å². The molecule has 0 radical (unpaired) electrons. The fraction of sp³-hybridized carbons (Fsp3) is 0.308. The Kier molecular flexibility index (Phi) is 4.87. The number of nitrogens with one attached hydrogen (secondary N) is 1. The third kappa shape index (κ3) is 3.52. The first kappa shape index (κ1) is 14.0. The summed E-state index contributed by atoms with van der Waals surface area (Å²) in [6, 6.07) is 9.66. The quantitative estimate of drug-likeness (QED) is 0.863. The Morgan fingerprint density at radius 3 is 2.84 bits per heavy atom. The molecule has 0 aliphatic rings. The highest BCUT2D eigenvalue weighted by Gasteiger charge is 2.16. The Bertz CT molecular complexity index is 544. The predicted molar refractivity (Wildman–Crippen MR) is 76.7 cm³/mol. The summed E-state index contributed by atoms with van der Waals surface area (Å²) in [4.78, 5) is 12.6. The summed E-state index contributed by atoms with van der Waals surface area (Å²) in [5.74, 6) is -0.159. The van der Waals surface area contributed by atoms with Crippen LogP contribution in [0, 0.1) is 0 Å². The lowest BCUT2D eigenvalue weighted by molar-refractivity contribution is 0.0956. The summed E-state index contributed by atoms with van der Waals surface area (Å²) in [6.45, 7) is 2.33. The Balaban J connectivity index is 1.94. The number of carbonyl (C=O) groups excluding carboxylic acids is 1. The van der Waals surface area contributed by atoms with Gasteiger partial charge in [-0.25, -0.2) is 0 Å². The van der Waals surface area contributed by atoms with Gasteiger partial charge in [0.25, 0.3) is 5.91 Å². The molecule has 1 aromatic heterocycles. The van der Waals surface area contributed by atoms with Gasteiger partial charge in [-0.15, -0.1) is 16.7 Å². The number of alkyl halides is 1. The number of aromatic nitrogens is 2. The Morgan fingerprint density at radius 2 is 2.16 bits per heavy atom. The van der Waals surface area contributed by atoms with Crippen molar-refractivity contribution in [1.82, 2.24) is 14.9 Å². The maximum atomic E-state index is 12.0. The van der Waals surface area contributed by atoms with E-state index < -0.39 is 0 Å². The minimum absolute atomic E-state index is 0.159. The molecule has 100 valence electrons. The molecule has 0 spiro atoms. The van der Waals surface area contributed by atoms with E-state index in [9.17, 15) is 4.79 Å². The normalized spacial score (nSPS) is 12.1. The minimum atomic E-state index is -0.240. The van der Waals surface area contributed by atoms with Crippen LogP contribution in [-0.2, 0) is 6.42 Å². The molecular weight excluding hydrogens is 282 g/mol. The number of halogens is 1. The first-order chi connectivity index (χ1) is 9.22. The van der Waals surface area contributed by atoms with Crippen molar-refractivity contribution in [2.24, 2.45) is 0 Å². The van der Waals surface area contributed by atoms with E-state index in [1.807, 2.05) is 37.3 Å². The van der Waals surface area contributed by atoms with Gasteiger partial charge in [0, 0.05) is 6.54 Å². The highest BCUT2D eigenvalue weighted by atomic mass is 35.5. The summed E-state index contributed by atoms with van der Waals surface area (Å²) < 4.78 is 3.80. The number of nitrogens with zero attached hydrogens (tertiary/aromatic N) is 2. The zero-order valence-corrected chi connectivity index (χ0v) is 12.0. The fourth-order valence-electron chi connectivity index (χ4n) is 1.65. The molecule has 2 aromatic rings. The van der Waals surface area contributed by atoms with Crippen molar-refractivity contribution in [3.63, 3.8) is 0 Å². The molecule has 4 nitrogen and oxygen atoms in total. The van der Waals surface area contributed by atoms with E-state index in [1.54, 1.807) is 0 Å². The molecule has 19 heavy (non-hydrogen) atoms. The van der Waals surface area contributed by atoms with E-state index in [1.165, 1.54) is 0 Å². The topological polar surface area (TPSA) is 54.9 Å². The van der Waals surface area contributed by atoms with Crippen molar-refractivity contribution in [2.45, 2.75) is 18.7 Å². The predicted octanol–water partition coefficient (Wildman–Crippen LogP) is 2.81. The van der Waals surface area contributed by atoms with Gasteiger partial charge >= 0.3 is 0 Å². The first-order valence-electron chi connectivity index (χ1n) is 6.00. The summed E-state index contributed by atoms with van der Waals surface area (Å²) in [6.07, 6.45) is 0.697. The van der Waals surface area contributed by atoms with E-state index in [-0.39, 0.29) is 11.3 Å². The molecule has 1 aromatic carbocycles. The summed E-state index contributed by atoms with van der Waals surface area (Å²) in [5, 5.41) is 6.49. The van der Waals surface area contributed by atoms with Gasteiger partial charge in [-0.2, -0.15) is 0 Å². The van der Waals surface area contributed by atoms with E-state index in [0.29, 0.717) is 17.8 Å². The number of carbonyl (C=O) groups is 1. The van der Waals surface area contributed by atoms with Crippen LogP contribution in [0.5, 0.6) is 0 Å². The average molecular weight is 296 g/mol. The Hall–Kier alpha value is -1.46. The van der Waals surface area contributed by atoms with Crippen LogP contribution in [0.25, 0.3) is 0 Å². The maximum Gasteiger partial charge on any atom is 0.265 e. The molecule has 0 saturated carbocycles. The molecule has 6 heteroatoms. The maximum absolute atomic E-state index is 12.0. The highest BCUT2D eigenvalue weighted by Crippen LogP contribution is 2.19. The van der Waals surface area contributed by atoms with Crippen LogP contribution in [0.15, 0.2) is 30.3 Å². The number of hydrogen-bond donors (Lipinski definition) is 1. The average Bonchev–Trinajstić information content (AvgIpc) is 2.93. The van der Waals surface area contributed by atoms with Crippen LogP contribution >= 0.6 is 23.1 Å². The Morgan fingerprint density at radius 1 is 1.42 bits per heavy atom. The third-order valence-corrected chi connectivity index (χ3v) is 3.87. The lowest BCUT2D eigenvalue weighted by atomic mass is 10.1. The molecular formula is C13H14ClN3OS. The molecule has 0 saturated heterocycles. The third-order valence-electron chi connectivity index (χ3n) is 2.70. The van der Waals surface area contributed by atoms with E-state index >= 15 is 0 Å². The van der Waals surface area contributed by atoms with Gasteiger partial charge < -0.3 is 5.32 Å². The zero-order chi connectivity index (χ0) is 13.7. The fourth-order valence-corrected chi connectivity index (χ4v) is 2.54. The molecule has 1 unspecified atom stereocenters. The number of hydrogen-bond acceptors (Lipinski definition) is 4. The second-order valence-electron chi connectivity index (χ2n) is 3.99. The number of rotatable bonds is 5. The van der Waals surface area contributed by atoms with Crippen LogP contribution in [0.2, 0.25) is 0 Å². The van der Waals surface area contributed by atoms with Gasteiger partial charge in [-0.1, -0.05) is 41.7 Å². The van der Waals surface area contributed by atoms with Crippen molar-refractivity contribution >= 4 is 29.0 Å². The monoisotopic (exact) mass is 295 g/mol. The standard InChI is InChI=1S/C13H14ClN3OS/c1-2-11-12(19-17-16-11)13(18)15-8-10(14)9-6-4-3-5-7-9/h3-7,10H,2,8H2,1H3,(H,15,18). The molecule has 0 bridgehead atoms. The van der Waals surface area contributed by atoms with Gasteiger partial charge in [0.1, 0.15) is 4.88 Å². The lowest BCUT2D eigenvalue weighted by Gasteiger charge is -2.10. The van der Waals surface area contributed by atoms with Gasteiger partial charge in [0.2, 0.25) is 0 Å². The van der Waals surface area contributed by atoms with Crippen LogP contribution in [0.1, 0.15) is 33.2 Å². The zero-order valence-electron chi connectivity index (χ0n) is 10.5. The SMILES string of the molecule is CCc1nnsc1C(=O)NCC(Cl)c1ccccc1. The van der Waals surface area contributed by atoms with Gasteiger partial charge in [0.15, 0.2) is 0 Å². The van der Waals surface area contributed by atoms with Crippen LogP contribution < -0.4 is 5.32 Å². The van der Waals surface area contributed by atoms with E-state index in [2.05, 4.69) is 14.9 Å². The molecule has 0 fully saturated rings. The number of benzene rings is 1. The summed E-state index contributed by atoms with van der Waals surface area (Å²) in [7, 11) is 0. The van der Waals surface area contributed by atoms with Crippen LogP contribution in [-0.4, -0.2) is 22.0 Å². The highest BCUT2D eigenvalue weighted by molar-refractivity contribution is 7.08. The molecule has 1 N–H and O–H groups in total. The molecule has 1 heterocycles. The van der Waals surface area contributed by atoms with Crippen LogP contribution in [0.3, 0.4) is 0 Å². The van der Waals surface area contributed by atoms with Crippen LogP contribution in [0.4, 0.5) is 0 Å². The second kappa shape index (κ2) is 6.63. The van der Waals surface area contributed by atoms with Crippen molar-refractivity contribution < 1.29 is 4.79 Å². The molecule has 0 aliphatic carbocycles. The van der Waals surface area contributed by atoms with Gasteiger partial charge in [-0.05, 0) is 23.5 Å². The molecule has 1 amide bonds. The van der Waals surface area contributed by atoms with Crippen molar-refractivity contribution in [3.05, 3.63) is 46.5 Å². The van der Waals surface area contributed by atoms with Crippen molar-refractivity contribution in [3.8, 4) is 0 Å². The molecule has 1 atom stereocenters. The smallest absolute Gasteiger partial charge is 0.265 e. The number of amides is 1. The second-order valence-corrected chi connectivity index (χ2v) is 5.27. The molecule has 0 aliphatic heterocycles. The van der Waals surface area contributed by atoms with Crippen molar-refractivity contribution in [2.75, 3.05) is 6.54 Å². The van der Waals surface area contributed by atoms with Gasteiger partial charge in [0.05, 0.1) is 11.1 Å². The summed E-state index contributed by atoms with van der Waals surface area (Å²) >= 11 is 7.36. The van der Waals surface area contributed by atoms with E-state index in [4.69, 9.17) is 11.6 Å². The minimum Gasteiger partial charge on any atom is -0.349 e. The Labute approximate surface area is 121 Å². The first-order valence-corrected chi connectivity index (χ1v) is 7.21. The lowest BCUT2D eigenvalue weighted by Crippen LogP contribution is -2.26. The van der Waals surface area contributed by atoms with E-state index in [0.717, 1.165) is 22.8 Å². The van der Waals surface area contributed by atoms with Crippen molar-refractivity contribution in [1.29, 1.82) is 0 Å². The largest absolute Gasteiger partial charge is 0.349 e. The summed E-state index contributed by atoms with van der Waals surface area (Å²) in [5.41, 5.74) is 1.72. The number of aryl methyl sites for hydroxylation is 1. The molecule has 2 rings (SSSR count).